The van der Waals surface area contributed by atoms with Gasteiger partial charge in [0.1, 0.15) is 0 Å². The van der Waals surface area contributed by atoms with Gasteiger partial charge in [0.15, 0.2) is 0 Å². The molecule has 0 unspecified atom stereocenters. The van der Waals surface area contributed by atoms with Crippen molar-refractivity contribution in [2.24, 2.45) is 11.8 Å². The molecule has 3 rings (SSSR count). The summed E-state index contributed by atoms with van der Waals surface area (Å²) in [5.74, 6) is 0.0156. The van der Waals surface area contributed by atoms with Crippen molar-refractivity contribution in [3.05, 3.63) is 29.6 Å². The fourth-order valence-electron chi connectivity index (χ4n) is 4.38. The first-order valence-corrected chi connectivity index (χ1v) is 9.51. The number of carbonyl (C=O) groups is 1. The second-order valence-corrected chi connectivity index (χ2v) is 7.67. The van der Waals surface area contributed by atoms with E-state index in [1.165, 1.54) is 37.1 Å². The van der Waals surface area contributed by atoms with E-state index in [0.717, 1.165) is 38.5 Å². The first-order chi connectivity index (χ1) is 11.6. The molecule has 2 aliphatic rings. The number of rotatable bonds is 6. The number of nitrogens with zero attached hydrogens (tertiary/aromatic N) is 2. The number of carboxylic acid groups (broad SMARTS) is 1. The SMILES string of the molecule is CN1CCC[C@H]1c1ccc(CCCC2CCC(C(=O)O)CC2)nc1. The molecule has 2 fully saturated rings. The maximum atomic E-state index is 11.0. The Labute approximate surface area is 145 Å². The van der Waals surface area contributed by atoms with Gasteiger partial charge in [-0.15, -0.1) is 0 Å². The highest BCUT2D eigenvalue weighted by molar-refractivity contribution is 5.69. The van der Waals surface area contributed by atoms with E-state index in [4.69, 9.17) is 5.11 Å². The first-order valence-electron chi connectivity index (χ1n) is 9.51. The zero-order chi connectivity index (χ0) is 16.9. The topological polar surface area (TPSA) is 53.4 Å². The summed E-state index contributed by atoms with van der Waals surface area (Å²) in [7, 11) is 2.20. The van der Waals surface area contributed by atoms with Crippen LogP contribution in [0.2, 0.25) is 0 Å². The van der Waals surface area contributed by atoms with Crippen LogP contribution in [0.5, 0.6) is 0 Å². The molecule has 4 heteroatoms. The van der Waals surface area contributed by atoms with Crippen molar-refractivity contribution in [1.82, 2.24) is 9.88 Å². The van der Waals surface area contributed by atoms with Gasteiger partial charge in [-0.25, -0.2) is 0 Å². The van der Waals surface area contributed by atoms with Crippen molar-refractivity contribution in [3.63, 3.8) is 0 Å². The molecule has 0 amide bonds. The van der Waals surface area contributed by atoms with E-state index < -0.39 is 5.97 Å². The van der Waals surface area contributed by atoms with Crippen LogP contribution in [0, 0.1) is 11.8 Å². The average molecular weight is 330 g/mol. The summed E-state index contributed by atoms with van der Waals surface area (Å²) in [6, 6.07) is 5.01. The Bertz CT molecular complexity index is 535. The Balaban J connectivity index is 1.40. The standard InChI is InChI=1S/C20H30N2O2/c1-22-13-3-6-19(22)17-11-12-18(21-14-17)5-2-4-15-7-9-16(10-8-15)20(23)24/h11-12,14-16,19H,2-10,13H2,1H3,(H,23,24)/t15?,16?,19-/m0/s1. The molecule has 1 N–H and O–H groups in total. The van der Waals surface area contributed by atoms with Crippen LogP contribution in [-0.2, 0) is 11.2 Å². The van der Waals surface area contributed by atoms with Gasteiger partial charge < -0.3 is 5.11 Å². The summed E-state index contributed by atoms with van der Waals surface area (Å²) in [5, 5.41) is 9.06. The molecule has 2 heterocycles. The van der Waals surface area contributed by atoms with Gasteiger partial charge in [0.25, 0.3) is 0 Å². The lowest BCUT2D eigenvalue weighted by Gasteiger charge is -2.25. The normalized spacial score (nSPS) is 28.1. The Hall–Kier alpha value is -1.42. The minimum atomic E-state index is -0.606. The number of hydrogen-bond acceptors (Lipinski definition) is 3. The molecule has 0 bridgehead atoms. The van der Waals surface area contributed by atoms with Crippen molar-refractivity contribution in [2.75, 3.05) is 13.6 Å². The Morgan fingerprint density at radius 2 is 2.04 bits per heavy atom. The predicted octanol–water partition coefficient (Wildman–Crippen LogP) is 4.06. The molecule has 1 atom stereocenters. The van der Waals surface area contributed by atoms with Crippen LogP contribution in [0.3, 0.4) is 0 Å². The average Bonchev–Trinajstić information content (AvgIpc) is 3.02. The van der Waals surface area contributed by atoms with E-state index in [2.05, 4.69) is 35.3 Å². The highest BCUT2D eigenvalue weighted by Gasteiger charge is 2.25. The lowest BCUT2D eigenvalue weighted by Crippen LogP contribution is -2.21. The molecule has 1 aromatic rings. The van der Waals surface area contributed by atoms with Crippen molar-refractivity contribution < 1.29 is 9.90 Å². The number of likely N-dealkylation sites (tertiary alicyclic amines) is 1. The zero-order valence-corrected chi connectivity index (χ0v) is 14.8. The number of pyridine rings is 1. The van der Waals surface area contributed by atoms with Crippen molar-refractivity contribution >= 4 is 5.97 Å². The van der Waals surface area contributed by atoms with Crippen LogP contribution in [-0.4, -0.2) is 34.6 Å². The van der Waals surface area contributed by atoms with Gasteiger partial charge in [-0.1, -0.05) is 12.5 Å². The minimum absolute atomic E-state index is 0.0934. The molecule has 0 spiro atoms. The third-order valence-corrected chi connectivity index (χ3v) is 5.99. The second kappa shape index (κ2) is 8.11. The van der Waals surface area contributed by atoms with E-state index in [1.54, 1.807) is 0 Å². The van der Waals surface area contributed by atoms with Crippen molar-refractivity contribution in [3.8, 4) is 0 Å². The van der Waals surface area contributed by atoms with E-state index in [-0.39, 0.29) is 5.92 Å². The highest BCUT2D eigenvalue weighted by Crippen LogP contribution is 2.32. The van der Waals surface area contributed by atoms with E-state index >= 15 is 0 Å². The highest BCUT2D eigenvalue weighted by atomic mass is 16.4. The van der Waals surface area contributed by atoms with Gasteiger partial charge in [-0.05, 0) is 82.5 Å². The van der Waals surface area contributed by atoms with Gasteiger partial charge in [0.05, 0.1) is 5.92 Å². The van der Waals surface area contributed by atoms with Crippen molar-refractivity contribution in [1.29, 1.82) is 0 Å². The quantitative estimate of drug-likeness (QED) is 0.854. The Kier molecular flexibility index (Phi) is 5.88. The molecule has 24 heavy (non-hydrogen) atoms. The predicted molar refractivity (Wildman–Crippen MR) is 94.9 cm³/mol. The van der Waals surface area contributed by atoms with Crippen LogP contribution in [0.25, 0.3) is 0 Å². The van der Waals surface area contributed by atoms with Crippen LogP contribution in [0.4, 0.5) is 0 Å². The van der Waals surface area contributed by atoms with Gasteiger partial charge in [-0.2, -0.15) is 0 Å². The van der Waals surface area contributed by atoms with Crippen LogP contribution >= 0.6 is 0 Å². The van der Waals surface area contributed by atoms with Crippen LogP contribution in [0.15, 0.2) is 18.3 Å². The fraction of sp³-hybridized carbons (Fsp3) is 0.700. The summed E-state index contributed by atoms with van der Waals surface area (Å²) in [6.45, 7) is 1.19. The second-order valence-electron chi connectivity index (χ2n) is 7.67. The molecule has 1 saturated carbocycles. The lowest BCUT2D eigenvalue weighted by molar-refractivity contribution is -0.143. The van der Waals surface area contributed by atoms with Gasteiger partial charge in [0.2, 0.25) is 0 Å². The van der Waals surface area contributed by atoms with Gasteiger partial charge in [0, 0.05) is 17.9 Å². The smallest absolute Gasteiger partial charge is 0.306 e. The summed E-state index contributed by atoms with van der Waals surface area (Å²) in [6.07, 6.45) is 11.9. The number of hydrogen-bond donors (Lipinski definition) is 1. The summed E-state index contributed by atoms with van der Waals surface area (Å²) >= 11 is 0. The van der Waals surface area contributed by atoms with Crippen molar-refractivity contribution in [2.45, 2.75) is 63.8 Å². The number of aryl methyl sites for hydroxylation is 1. The van der Waals surface area contributed by atoms with Crippen LogP contribution in [0.1, 0.15) is 68.7 Å². The third kappa shape index (κ3) is 4.35. The van der Waals surface area contributed by atoms with E-state index in [1.807, 2.05) is 0 Å². The summed E-state index contributed by atoms with van der Waals surface area (Å²) in [5.41, 5.74) is 2.55. The van der Waals surface area contributed by atoms with Crippen LogP contribution < -0.4 is 0 Å². The molecule has 0 radical (unpaired) electrons. The molecule has 1 saturated heterocycles. The summed E-state index contributed by atoms with van der Waals surface area (Å²) < 4.78 is 0. The van der Waals surface area contributed by atoms with E-state index in [9.17, 15) is 4.79 Å². The molecule has 1 aliphatic carbocycles. The molecular formula is C20H30N2O2. The van der Waals surface area contributed by atoms with Gasteiger partial charge >= 0.3 is 5.97 Å². The first kappa shape index (κ1) is 17.4. The number of aliphatic carboxylic acids is 1. The molecule has 132 valence electrons. The largest absolute Gasteiger partial charge is 0.481 e. The minimum Gasteiger partial charge on any atom is -0.481 e. The number of carboxylic acids is 1. The fourth-order valence-corrected chi connectivity index (χ4v) is 4.38. The van der Waals surface area contributed by atoms with E-state index in [0.29, 0.717) is 12.0 Å². The molecule has 1 aromatic heterocycles. The zero-order valence-electron chi connectivity index (χ0n) is 14.8. The molecule has 0 aromatic carbocycles. The Morgan fingerprint density at radius 3 is 2.62 bits per heavy atom. The number of aromatic nitrogens is 1. The maximum Gasteiger partial charge on any atom is 0.306 e. The Morgan fingerprint density at radius 1 is 1.25 bits per heavy atom. The maximum absolute atomic E-state index is 11.0. The molecular weight excluding hydrogens is 300 g/mol. The molecule has 1 aliphatic heterocycles. The monoisotopic (exact) mass is 330 g/mol. The molecule has 4 nitrogen and oxygen atoms in total. The lowest BCUT2D eigenvalue weighted by atomic mass is 9.80. The third-order valence-electron chi connectivity index (χ3n) is 5.99. The van der Waals surface area contributed by atoms with Gasteiger partial charge in [-0.3, -0.25) is 14.7 Å². The summed E-state index contributed by atoms with van der Waals surface area (Å²) in [4.78, 5) is 18.1.